The van der Waals surface area contributed by atoms with Crippen molar-refractivity contribution in [2.24, 2.45) is 5.92 Å². The smallest absolute Gasteiger partial charge is 0.226 e. The molecule has 146 valence electrons. The number of carbonyl (C=O) groups is 1. The van der Waals surface area contributed by atoms with Crippen LogP contribution < -0.4 is 0 Å². The van der Waals surface area contributed by atoms with E-state index in [2.05, 4.69) is 34.0 Å². The number of likely N-dealkylation sites (N-methyl/N-ethyl adjacent to an activating group) is 1. The Morgan fingerprint density at radius 1 is 1.23 bits per heavy atom. The third-order valence-corrected chi connectivity index (χ3v) is 6.36. The standard InChI is InChI=1S/C20H35N5O/c1-15-19(16(2)22-21-15)9-13-24(4)20(26)17-6-5-10-25(14-17)18-7-11-23(3)12-8-18/h17-18H,5-14H2,1-4H3,(H,21,22)/t17-/m0/s1. The Kier molecular flexibility index (Phi) is 6.35. The topological polar surface area (TPSA) is 55.5 Å². The van der Waals surface area contributed by atoms with Gasteiger partial charge >= 0.3 is 0 Å². The Morgan fingerprint density at radius 3 is 2.62 bits per heavy atom. The second-order valence-corrected chi connectivity index (χ2v) is 8.29. The summed E-state index contributed by atoms with van der Waals surface area (Å²) < 4.78 is 0. The monoisotopic (exact) mass is 361 g/mol. The molecule has 3 rings (SSSR count). The first-order valence-electron chi connectivity index (χ1n) is 10.1. The highest BCUT2D eigenvalue weighted by Crippen LogP contribution is 2.24. The molecule has 0 saturated carbocycles. The van der Waals surface area contributed by atoms with Gasteiger partial charge in [0.2, 0.25) is 5.91 Å². The van der Waals surface area contributed by atoms with Crippen molar-refractivity contribution in [2.45, 2.75) is 52.0 Å². The highest BCUT2D eigenvalue weighted by atomic mass is 16.2. The van der Waals surface area contributed by atoms with Crippen LogP contribution >= 0.6 is 0 Å². The molecular weight excluding hydrogens is 326 g/mol. The number of rotatable bonds is 5. The van der Waals surface area contributed by atoms with E-state index in [4.69, 9.17) is 0 Å². The molecule has 0 radical (unpaired) electrons. The molecule has 6 heteroatoms. The molecule has 1 N–H and O–H groups in total. The van der Waals surface area contributed by atoms with Gasteiger partial charge in [-0.2, -0.15) is 5.10 Å². The average Bonchev–Trinajstić information content (AvgIpc) is 2.97. The number of piperidine rings is 2. The minimum absolute atomic E-state index is 0.167. The number of aryl methyl sites for hydroxylation is 2. The largest absolute Gasteiger partial charge is 0.345 e. The predicted molar refractivity (Wildman–Crippen MR) is 104 cm³/mol. The fourth-order valence-corrected chi connectivity index (χ4v) is 4.54. The number of nitrogens with one attached hydrogen (secondary N) is 1. The van der Waals surface area contributed by atoms with Gasteiger partial charge in [0.15, 0.2) is 0 Å². The molecule has 2 aliphatic rings. The summed E-state index contributed by atoms with van der Waals surface area (Å²) in [7, 11) is 4.17. The van der Waals surface area contributed by atoms with Crippen molar-refractivity contribution in [2.75, 3.05) is 46.8 Å². The summed E-state index contributed by atoms with van der Waals surface area (Å²) >= 11 is 0. The third kappa shape index (κ3) is 4.46. The van der Waals surface area contributed by atoms with Crippen molar-refractivity contribution in [3.05, 3.63) is 17.0 Å². The predicted octanol–water partition coefficient (Wildman–Crippen LogP) is 1.83. The molecule has 6 nitrogen and oxygen atoms in total. The van der Waals surface area contributed by atoms with Gasteiger partial charge in [-0.3, -0.25) is 14.8 Å². The molecule has 1 atom stereocenters. The van der Waals surface area contributed by atoms with Gasteiger partial charge in [0.1, 0.15) is 0 Å². The fraction of sp³-hybridized carbons (Fsp3) is 0.800. The molecule has 26 heavy (non-hydrogen) atoms. The lowest BCUT2D eigenvalue weighted by Crippen LogP contribution is -2.50. The summed E-state index contributed by atoms with van der Waals surface area (Å²) in [5.41, 5.74) is 3.42. The number of H-pyrrole nitrogens is 1. The minimum atomic E-state index is 0.167. The van der Waals surface area contributed by atoms with Crippen LogP contribution in [0, 0.1) is 19.8 Å². The van der Waals surface area contributed by atoms with Crippen molar-refractivity contribution >= 4 is 5.91 Å². The molecule has 2 aliphatic heterocycles. The number of hydrogen-bond donors (Lipinski definition) is 1. The van der Waals surface area contributed by atoms with E-state index >= 15 is 0 Å². The van der Waals surface area contributed by atoms with Crippen LogP contribution in [-0.4, -0.2) is 83.7 Å². The molecule has 2 saturated heterocycles. The Balaban J connectivity index is 1.51. The Bertz CT molecular complexity index is 586. The zero-order chi connectivity index (χ0) is 18.7. The summed E-state index contributed by atoms with van der Waals surface area (Å²) in [6.45, 7) is 9.33. The van der Waals surface area contributed by atoms with E-state index in [0.717, 1.165) is 50.3 Å². The van der Waals surface area contributed by atoms with Gasteiger partial charge in [-0.05, 0) is 78.2 Å². The maximum absolute atomic E-state index is 13.0. The van der Waals surface area contributed by atoms with Crippen LogP contribution in [0.4, 0.5) is 0 Å². The first kappa shape index (κ1) is 19.4. The van der Waals surface area contributed by atoms with Crippen molar-refractivity contribution in [1.29, 1.82) is 0 Å². The first-order chi connectivity index (χ1) is 12.5. The maximum atomic E-state index is 13.0. The van der Waals surface area contributed by atoms with Crippen molar-refractivity contribution in [3.8, 4) is 0 Å². The second-order valence-electron chi connectivity index (χ2n) is 8.29. The number of aromatic nitrogens is 2. The quantitative estimate of drug-likeness (QED) is 0.869. The van der Waals surface area contributed by atoms with Gasteiger partial charge in [0, 0.05) is 31.9 Å². The van der Waals surface area contributed by atoms with Gasteiger partial charge in [0.05, 0.1) is 11.6 Å². The van der Waals surface area contributed by atoms with Crippen LogP contribution in [0.15, 0.2) is 0 Å². The fourth-order valence-electron chi connectivity index (χ4n) is 4.54. The zero-order valence-electron chi connectivity index (χ0n) is 16.9. The zero-order valence-corrected chi connectivity index (χ0v) is 16.9. The Labute approximate surface area is 157 Å². The molecule has 0 aliphatic carbocycles. The second kappa shape index (κ2) is 8.53. The van der Waals surface area contributed by atoms with Gasteiger partial charge in [0.25, 0.3) is 0 Å². The molecule has 1 aromatic heterocycles. The molecule has 1 aromatic rings. The molecule has 0 spiro atoms. The number of aromatic amines is 1. The molecule has 3 heterocycles. The number of likely N-dealkylation sites (tertiary alicyclic amines) is 2. The van der Waals surface area contributed by atoms with E-state index in [1.165, 1.54) is 31.5 Å². The van der Waals surface area contributed by atoms with E-state index in [1.807, 2.05) is 18.9 Å². The number of nitrogens with zero attached hydrogens (tertiary/aromatic N) is 4. The van der Waals surface area contributed by atoms with E-state index in [1.54, 1.807) is 0 Å². The van der Waals surface area contributed by atoms with Crippen LogP contribution in [0.1, 0.15) is 42.6 Å². The Morgan fingerprint density at radius 2 is 1.96 bits per heavy atom. The normalized spacial score (nSPS) is 23.3. The number of hydrogen-bond acceptors (Lipinski definition) is 4. The lowest BCUT2D eigenvalue weighted by atomic mass is 9.93. The van der Waals surface area contributed by atoms with Crippen molar-refractivity contribution in [3.63, 3.8) is 0 Å². The summed E-state index contributed by atoms with van der Waals surface area (Å²) in [5, 5.41) is 7.29. The lowest BCUT2D eigenvalue weighted by molar-refractivity contribution is -0.136. The van der Waals surface area contributed by atoms with Gasteiger partial charge in [-0.1, -0.05) is 0 Å². The minimum Gasteiger partial charge on any atom is -0.345 e. The summed E-state index contributed by atoms with van der Waals surface area (Å²) in [5.74, 6) is 0.487. The maximum Gasteiger partial charge on any atom is 0.226 e. The van der Waals surface area contributed by atoms with Crippen molar-refractivity contribution < 1.29 is 4.79 Å². The van der Waals surface area contributed by atoms with Crippen molar-refractivity contribution in [1.82, 2.24) is 24.9 Å². The van der Waals surface area contributed by atoms with Crippen LogP contribution in [0.5, 0.6) is 0 Å². The molecule has 0 bridgehead atoms. The van der Waals surface area contributed by atoms with Gasteiger partial charge in [-0.25, -0.2) is 0 Å². The van der Waals surface area contributed by atoms with Crippen LogP contribution in [0.2, 0.25) is 0 Å². The number of carbonyl (C=O) groups excluding carboxylic acids is 1. The molecule has 1 amide bonds. The highest BCUT2D eigenvalue weighted by molar-refractivity contribution is 5.79. The summed E-state index contributed by atoms with van der Waals surface area (Å²) in [6.07, 6.45) is 5.55. The van der Waals surface area contributed by atoms with E-state index in [9.17, 15) is 4.79 Å². The van der Waals surface area contributed by atoms with E-state index in [-0.39, 0.29) is 5.92 Å². The number of amides is 1. The summed E-state index contributed by atoms with van der Waals surface area (Å²) in [6, 6.07) is 0.670. The average molecular weight is 362 g/mol. The van der Waals surface area contributed by atoms with Crippen LogP contribution in [-0.2, 0) is 11.2 Å². The lowest BCUT2D eigenvalue weighted by Gasteiger charge is -2.41. The van der Waals surface area contributed by atoms with Crippen LogP contribution in [0.3, 0.4) is 0 Å². The Hall–Kier alpha value is -1.40. The molecule has 0 unspecified atom stereocenters. The molecule has 2 fully saturated rings. The summed E-state index contributed by atoms with van der Waals surface area (Å²) in [4.78, 5) is 19.9. The van der Waals surface area contributed by atoms with E-state index in [0.29, 0.717) is 11.9 Å². The highest BCUT2D eigenvalue weighted by Gasteiger charge is 2.32. The van der Waals surface area contributed by atoms with Gasteiger partial charge < -0.3 is 9.80 Å². The van der Waals surface area contributed by atoms with Crippen LogP contribution in [0.25, 0.3) is 0 Å². The third-order valence-electron chi connectivity index (χ3n) is 6.36. The van der Waals surface area contributed by atoms with Gasteiger partial charge in [-0.15, -0.1) is 0 Å². The SMILES string of the molecule is Cc1n[nH]c(C)c1CCN(C)C(=O)[C@H]1CCCN(C2CCN(C)CC2)C1. The molecule has 0 aromatic carbocycles. The molecular formula is C20H35N5O. The first-order valence-corrected chi connectivity index (χ1v) is 10.1. The van der Waals surface area contributed by atoms with E-state index < -0.39 is 0 Å².